The van der Waals surface area contributed by atoms with E-state index in [2.05, 4.69) is 50.1 Å². The standard InChI is InChI=1S/C33H69N9.9ClH/c34-13-1-4-16-37-19-7-10-22-40-28-31-25-32(29-41-23-11-8-20-38-17-5-2-14-35)27-33(26-31)30-42-24-12-9-21-39-18-6-3-15-36;;;;;;;;;/h25-27,37-42H,1-24,28-30,34-36H2;9*1H. The summed E-state index contributed by atoms with van der Waals surface area (Å²) in [6.45, 7) is 14.9. The lowest BCUT2D eigenvalue weighted by atomic mass is 10.0. The van der Waals surface area contributed by atoms with Crippen molar-refractivity contribution in [1.82, 2.24) is 31.9 Å². The van der Waals surface area contributed by atoms with E-state index in [9.17, 15) is 0 Å². The van der Waals surface area contributed by atoms with Crippen molar-refractivity contribution in [3.63, 3.8) is 0 Å². The van der Waals surface area contributed by atoms with Crippen LogP contribution in [0.4, 0.5) is 0 Å². The second kappa shape index (κ2) is 60.7. The van der Waals surface area contributed by atoms with Gasteiger partial charge in [0.2, 0.25) is 0 Å². The molecule has 18 heteroatoms. The first-order valence-electron chi connectivity index (χ1n) is 17.3. The van der Waals surface area contributed by atoms with E-state index in [4.69, 9.17) is 17.2 Å². The number of hydrogen-bond donors (Lipinski definition) is 9. The van der Waals surface area contributed by atoms with Gasteiger partial charge in [-0.25, -0.2) is 0 Å². The van der Waals surface area contributed by atoms with Crippen LogP contribution in [0.5, 0.6) is 0 Å². The van der Waals surface area contributed by atoms with Crippen molar-refractivity contribution >= 4 is 112 Å². The van der Waals surface area contributed by atoms with Gasteiger partial charge in [-0.2, -0.15) is 0 Å². The van der Waals surface area contributed by atoms with Crippen LogP contribution in [-0.4, -0.2) is 78.5 Å². The molecule has 0 bridgehead atoms. The van der Waals surface area contributed by atoms with Crippen molar-refractivity contribution in [2.45, 2.75) is 96.7 Å². The number of benzene rings is 1. The van der Waals surface area contributed by atoms with Gasteiger partial charge in [-0.15, -0.1) is 112 Å². The minimum absolute atomic E-state index is 0. The fraction of sp³-hybridized carbons (Fsp3) is 0.818. The van der Waals surface area contributed by atoms with Gasteiger partial charge >= 0.3 is 0 Å². The lowest BCUT2D eigenvalue weighted by molar-refractivity contribution is 0.563. The largest absolute Gasteiger partial charge is 0.330 e. The third-order valence-electron chi connectivity index (χ3n) is 7.39. The molecular formula is C33H78Cl9N9. The van der Waals surface area contributed by atoms with Gasteiger partial charge in [-0.1, -0.05) is 18.2 Å². The Morgan fingerprint density at radius 2 is 0.451 bits per heavy atom. The van der Waals surface area contributed by atoms with Gasteiger partial charge in [0, 0.05) is 19.6 Å². The molecule has 0 aliphatic heterocycles. The summed E-state index contributed by atoms with van der Waals surface area (Å²) >= 11 is 0. The lowest BCUT2D eigenvalue weighted by Crippen LogP contribution is -2.21. The molecule has 1 aromatic rings. The van der Waals surface area contributed by atoms with Crippen molar-refractivity contribution in [3.8, 4) is 0 Å². The molecule has 12 N–H and O–H groups in total. The first kappa shape index (κ1) is 73.6. The second-order valence-electron chi connectivity index (χ2n) is 11.5. The molecule has 0 aromatic heterocycles. The molecule has 1 rings (SSSR count). The van der Waals surface area contributed by atoms with E-state index in [-0.39, 0.29) is 112 Å². The number of hydrogen-bond acceptors (Lipinski definition) is 9. The summed E-state index contributed by atoms with van der Waals surface area (Å²) in [6.07, 6.45) is 14.1. The van der Waals surface area contributed by atoms with E-state index in [1.807, 2.05) is 0 Å². The van der Waals surface area contributed by atoms with E-state index < -0.39 is 0 Å². The fourth-order valence-electron chi connectivity index (χ4n) is 4.90. The Bertz CT molecular complexity index is 621. The molecule has 51 heavy (non-hydrogen) atoms. The summed E-state index contributed by atoms with van der Waals surface area (Å²) in [6, 6.07) is 7.12. The zero-order valence-electron chi connectivity index (χ0n) is 30.7. The molecule has 0 spiro atoms. The lowest BCUT2D eigenvalue weighted by Gasteiger charge is -2.13. The van der Waals surface area contributed by atoms with Crippen molar-refractivity contribution < 1.29 is 0 Å². The Balaban J connectivity index is -0.000000280. The van der Waals surface area contributed by atoms with Gasteiger partial charge in [0.25, 0.3) is 0 Å². The van der Waals surface area contributed by atoms with Crippen molar-refractivity contribution in [3.05, 3.63) is 34.9 Å². The summed E-state index contributed by atoms with van der Waals surface area (Å²) in [5.41, 5.74) is 20.8. The van der Waals surface area contributed by atoms with Gasteiger partial charge in [-0.3, -0.25) is 0 Å². The summed E-state index contributed by atoms with van der Waals surface area (Å²) < 4.78 is 0. The smallest absolute Gasteiger partial charge is 0.0205 e. The quantitative estimate of drug-likeness (QED) is 0.0383. The number of unbranched alkanes of at least 4 members (excludes halogenated alkanes) is 6. The molecule has 1 aromatic carbocycles. The van der Waals surface area contributed by atoms with Gasteiger partial charge in [0.1, 0.15) is 0 Å². The Kier molecular flexibility index (Phi) is 87.6. The summed E-state index contributed by atoms with van der Waals surface area (Å²) in [5, 5.41) is 21.6. The van der Waals surface area contributed by atoms with Crippen LogP contribution in [-0.2, 0) is 19.6 Å². The van der Waals surface area contributed by atoms with E-state index in [0.29, 0.717) is 0 Å². The van der Waals surface area contributed by atoms with E-state index in [0.717, 1.165) is 117 Å². The summed E-state index contributed by atoms with van der Waals surface area (Å²) in [4.78, 5) is 0. The average molecular weight is 920 g/mol. The highest BCUT2D eigenvalue weighted by molar-refractivity contribution is 5.86. The highest BCUT2D eigenvalue weighted by Gasteiger charge is 2.03. The number of rotatable bonds is 33. The monoisotopic (exact) mass is 915 g/mol. The maximum atomic E-state index is 5.56. The maximum Gasteiger partial charge on any atom is 0.0205 e. The van der Waals surface area contributed by atoms with Gasteiger partial charge in [0.05, 0.1) is 0 Å². The van der Waals surface area contributed by atoms with Gasteiger partial charge in [0.15, 0.2) is 0 Å². The van der Waals surface area contributed by atoms with E-state index >= 15 is 0 Å². The Morgan fingerprint density at radius 1 is 0.275 bits per heavy atom. The van der Waals surface area contributed by atoms with E-state index in [1.165, 1.54) is 74.5 Å². The second-order valence-corrected chi connectivity index (χ2v) is 11.5. The zero-order chi connectivity index (χ0) is 30.2. The minimum atomic E-state index is 0. The molecular weight excluding hydrogens is 842 g/mol. The predicted molar refractivity (Wildman–Crippen MR) is 248 cm³/mol. The van der Waals surface area contributed by atoms with Gasteiger partial charge < -0.3 is 49.1 Å². The van der Waals surface area contributed by atoms with Gasteiger partial charge in [-0.05, 0) is 172 Å². The Hall–Kier alpha value is 1.47. The number of nitrogens with two attached hydrogens (primary N) is 3. The zero-order valence-corrected chi connectivity index (χ0v) is 38.1. The molecule has 0 heterocycles. The number of halogens is 9. The first-order chi connectivity index (χ1) is 20.8. The van der Waals surface area contributed by atoms with E-state index in [1.54, 1.807) is 0 Å². The van der Waals surface area contributed by atoms with Crippen LogP contribution in [0.3, 0.4) is 0 Å². The fourth-order valence-corrected chi connectivity index (χ4v) is 4.90. The van der Waals surface area contributed by atoms with Crippen LogP contribution in [0.25, 0.3) is 0 Å². The molecule has 0 amide bonds. The third-order valence-corrected chi connectivity index (χ3v) is 7.39. The molecule has 9 nitrogen and oxygen atoms in total. The molecule has 0 saturated carbocycles. The average Bonchev–Trinajstić information content (AvgIpc) is 3.00. The molecule has 0 radical (unpaired) electrons. The molecule has 0 fully saturated rings. The Morgan fingerprint density at radius 3 is 0.647 bits per heavy atom. The van der Waals surface area contributed by atoms with Crippen molar-refractivity contribution in [2.24, 2.45) is 17.2 Å². The molecule has 0 aliphatic rings. The molecule has 0 aliphatic carbocycles. The molecule has 0 saturated heterocycles. The number of nitrogens with one attached hydrogen (secondary N) is 6. The molecule has 0 atom stereocenters. The minimum Gasteiger partial charge on any atom is -0.330 e. The molecule has 0 unspecified atom stereocenters. The SMILES string of the molecule is Cl.Cl.Cl.Cl.Cl.Cl.Cl.Cl.Cl.NCCCCNCCCCNCc1cc(CNCCCCNCCCCN)cc(CNCCCCNCCCCN)c1. The van der Waals surface area contributed by atoms with Crippen molar-refractivity contribution in [2.75, 3.05) is 78.5 Å². The normalized spacial score (nSPS) is 9.47. The van der Waals surface area contributed by atoms with Crippen molar-refractivity contribution in [1.29, 1.82) is 0 Å². The van der Waals surface area contributed by atoms with Crippen LogP contribution in [0.2, 0.25) is 0 Å². The highest BCUT2D eigenvalue weighted by atomic mass is 35.5. The third kappa shape index (κ3) is 51.5. The predicted octanol–water partition coefficient (Wildman–Crippen LogP) is 6.08. The molecule has 318 valence electrons. The topological polar surface area (TPSA) is 150 Å². The Labute approximate surface area is 368 Å². The first-order valence-corrected chi connectivity index (χ1v) is 17.3. The maximum absolute atomic E-state index is 5.56. The van der Waals surface area contributed by atoms with Crippen LogP contribution in [0, 0.1) is 0 Å². The highest BCUT2D eigenvalue weighted by Crippen LogP contribution is 2.11. The van der Waals surface area contributed by atoms with Crippen LogP contribution in [0.1, 0.15) is 93.7 Å². The summed E-state index contributed by atoms with van der Waals surface area (Å²) in [5.74, 6) is 0. The van der Waals surface area contributed by atoms with Crippen LogP contribution < -0.4 is 49.1 Å². The van der Waals surface area contributed by atoms with Crippen LogP contribution >= 0.6 is 112 Å². The van der Waals surface area contributed by atoms with Crippen LogP contribution in [0.15, 0.2) is 18.2 Å². The summed E-state index contributed by atoms with van der Waals surface area (Å²) in [7, 11) is 0.